The van der Waals surface area contributed by atoms with Gasteiger partial charge in [0.25, 0.3) is 0 Å². The fourth-order valence-corrected chi connectivity index (χ4v) is 2.48. The summed E-state index contributed by atoms with van der Waals surface area (Å²) in [6, 6.07) is 0. The van der Waals surface area contributed by atoms with Crippen LogP contribution < -0.4 is 0 Å². The Bertz CT molecular complexity index is 366. The summed E-state index contributed by atoms with van der Waals surface area (Å²) in [5.41, 5.74) is 0. The second-order valence-electron chi connectivity index (χ2n) is 4.37. The molecule has 0 aromatic carbocycles. The van der Waals surface area contributed by atoms with Gasteiger partial charge in [-0.05, 0) is 18.8 Å². The molecule has 1 atom stereocenters. The zero-order valence-corrected chi connectivity index (χ0v) is 9.48. The number of hydrogen-bond donors (Lipinski definition) is 1. The average Bonchev–Trinajstić information content (AvgIpc) is 2.88. The summed E-state index contributed by atoms with van der Waals surface area (Å²) in [5.74, 6) is 0.0756. The topological polar surface area (TPSA) is 63.3 Å². The molecule has 1 aliphatic carbocycles. The molecule has 1 saturated carbocycles. The van der Waals surface area contributed by atoms with Crippen LogP contribution >= 0.6 is 0 Å². The Morgan fingerprint density at radius 3 is 2.81 bits per heavy atom. The first-order valence-electron chi connectivity index (χ1n) is 5.89. The van der Waals surface area contributed by atoms with Gasteiger partial charge < -0.3 is 9.52 Å². The standard InChI is InChI=1S/C12H17NO3/c1-2-10-13-7-9(16-10)11(12(14)15)8-5-3-4-6-8/h7-8,11H,2-6H2,1H3,(H,14,15). The van der Waals surface area contributed by atoms with Gasteiger partial charge in [-0.15, -0.1) is 0 Å². The molecule has 0 saturated heterocycles. The van der Waals surface area contributed by atoms with E-state index in [1.54, 1.807) is 6.20 Å². The molecule has 1 N–H and O–H groups in total. The van der Waals surface area contributed by atoms with Crippen molar-refractivity contribution in [2.24, 2.45) is 5.92 Å². The number of aliphatic carboxylic acids is 1. The molecule has 0 bridgehead atoms. The lowest BCUT2D eigenvalue weighted by Crippen LogP contribution is -2.19. The molecule has 16 heavy (non-hydrogen) atoms. The van der Waals surface area contributed by atoms with Crippen LogP contribution in [-0.4, -0.2) is 16.1 Å². The van der Waals surface area contributed by atoms with E-state index in [9.17, 15) is 9.90 Å². The van der Waals surface area contributed by atoms with Gasteiger partial charge in [0.05, 0.1) is 6.20 Å². The number of hydrogen-bond acceptors (Lipinski definition) is 3. The smallest absolute Gasteiger partial charge is 0.314 e. The molecule has 0 spiro atoms. The maximum Gasteiger partial charge on any atom is 0.314 e. The number of carboxylic acids is 1. The number of carbonyl (C=O) groups is 1. The van der Waals surface area contributed by atoms with Crippen molar-refractivity contribution in [3.05, 3.63) is 17.8 Å². The Hall–Kier alpha value is -1.32. The van der Waals surface area contributed by atoms with E-state index in [0.29, 0.717) is 18.1 Å². The first-order valence-corrected chi connectivity index (χ1v) is 5.89. The SMILES string of the molecule is CCc1ncc(C(C(=O)O)C2CCCC2)o1. The Labute approximate surface area is 94.7 Å². The molecule has 0 radical (unpaired) electrons. The van der Waals surface area contributed by atoms with Gasteiger partial charge in [0, 0.05) is 6.42 Å². The minimum Gasteiger partial charge on any atom is -0.481 e. The molecule has 88 valence electrons. The second kappa shape index (κ2) is 4.68. The summed E-state index contributed by atoms with van der Waals surface area (Å²) < 4.78 is 5.48. The molecule has 1 unspecified atom stereocenters. The fourth-order valence-electron chi connectivity index (χ4n) is 2.48. The molecule has 1 heterocycles. The minimum atomic E-state index is -0.786. The Kier molecular flexibility index (Phi) is 3.27. The van der Waals surface area contributed by atoms with Gasteiger partial charge in [0.2, 0.25) is 0 Å². The van der Waals surface area contributed by atoms with Crippen molar-refractivity contribution in [2.45, 2.75) is 44.9 Å². The van der Waals surface area contributed by atoms with Gasteiger partial charge >= 0.3 is 5.97 Å². The third kappa shape index (κ3) is 2.10. The van der Waals surface area contributed by atoms with Crippen LogP contribution in [0.2, 0.25) is 0 Å². The quantitative estimate of drug-likeness (QED) is 0.852. The van der Waals surface area contributed by atoms with E-state index >= 15 is 0 Å². The molecular formula is C12H17NO3. The maximum absolute atomic E-state index is 11.3. The van der Waals surface area contributed by atoms with Gasteiger partial charge in [0.15, 0.2) is 5.89 Å². The number of aromatic nitrogens is 1. The molecule has 1 aromatic rings. The molecule has 1 aliphatic rings. The van der Waals surface area contributed by atoms with Crippen LogP contribution in [0.25, 0.3) is 0 Å². The van der Waals surface area contributed by atoms with Crippen molar-refractivity contribution in [1.82, 2.24) is 4.98 Å². The van der Waals surface area contributed by atoms with Crippen molar-refractivity contribution < 1.29 is 14.3 Å². The first-order chi connectivity index (χ1) is 7.72. The van der Waals surface area contributed by atoms with E-state index in [2.05, 4.69) is 4.98 Å². The summed E-state index contributed by atoms with van der Waals surface area (Å²) >= 11 is 0. The van der Waals surface area contributed by atoms with Crippen LogP contribution in [0.4, 0.5) is 0 Å². The van der Waals surface area contributed by atoms with Crippen molar-refractivity contribution in [3.8, 4) is 0 Å². The summed E-state index contributed by atoms with van der Waals surface area (Å²) in [6.07, 6.45) is 6.51. The highest BCUT2D eigenvalue weighted by Crippen LogP contribution is 2.37. The highest BCUT2D eigenvalue weighted by molar-refractivity contribution is 5.75. The fraction of sp³-hybridized carbons (Fsp3) is 0.667. The van der Waals surface area contributed by atoms with Crippen LogP contribution in [0.15, 0.2) is 10.6 Å². The molecule has 1 aromatic heterocycles. The second-order valence-corrected chi connectivity index (χ2v) is 4.37. The number of aryl methyl sites for hydroxylation is 1. The third-order valence-electron chi connectivity index (χ3n) is 3.32. The summed E-state index contributed by atoms with van der Waals surface area (Å²) in [4.78, 5) is 15.4. The van der Waals surface area contributed by atoms with Crippen LogP contribution in [0.5, 0.6) is 0 Å². The van der Waals surface area contributed by atoms with Crippen molar-refractivity contribution in [1.29, 1.82) is 0 Å². The summed E-state index contributed by atoms with van der Waals surface area (Å²) in [7, 11) is 0. The zero-order valence-electron chi connectivity index (χ0n) is 9.48. The maximum atomic E-state index is 11.3. The molecule has 4 heteroatoms. The van der Waals surface area contributed by atoms with E-state index in [0.717, 1.165) is 25.7 Å². The molecule has 0 amide bonds. The van der Waals surface area contributed by atoms with E-state index in [1.165, 1.54) is 0 Å². The Morgan fingerprint density at radius 1 is 1.62 bits per heavy atom. The lowest BCUT2D eigenvalue weighted by molar-refractivity contribution is -0.140. The minimum absolute atomic E-state index is 0.218. The van der Waals surface area contributed by atoms with Gasteiger partial charge in [0.1, 0.15) is 11.7 Å². The van der Waals surface area contributed by atoms with E-state index in [4.69, 9.17) is 4.42 Å². The average molecular weight is 223 g/mol. The van der Waals surface area contributed by atoms with Crippen molar-refractivity contribution >= 4 is 5.97 Å². The van der Waals surface area contributed by atoms with E-state index < -0.39 is 11.9 Å². The molecular weight excluding hydrogens is 206 g/mol. The molecule has 0 aliphatic heterocycles. The Balaban J connectivity index is 2.21. The first kappa shape index (κ1) is 11.2. The highest BCUT2D eigenvalue weighted by atomic mass is 16.4. The van der Waals surface area contributed by atoms with Gasteiger partial charge in [-0.25, -0.2) is 4.98 Å². The van der Waals surface area contributed by atoms with Crippen molar-refractivity contribution in [3.63, 3.8) is 0 Å². The molecule has 2 rings (SSSR count). The van der Waals surface area contributed by atoms with Crippen LogP contribution in [0.3, 0.4) is 0 Å². The van der Waals surface area contributed by atoms with Gasteiger partial charge in [-0.1, -0.05) is 19.8 Å². The summed E-state index contributed by atoms with van der Waals surface area (Å²) in [6.45, 7) is 1.95. The van der Waals surface area contributed by atoms with Crippen molar-refractivity contribution in [2.75, 3.05) is 0 Å². The Morgan fingerprint density at radius 2 is 2.31 bits per heavy atom. The van der Waals surface area contributed by atoms with E-state index in [1.807, 2.05) is 6.92 Å². The monoisotopic (exact) mass is 223 g/mol. The summed E-state index contributed by atoms with van der Waals surface area (Å²) in [5, 5.41) is 9.28. The number of rotatable bonds is 4. The molecule has 1 fully saturated rings. The number of oxazole rings is 1. The predicted octanol–water partition coefficient (Wildman–Crippen LogP) is 2.60. The number of carboxylic acid groups (broad SMARTS) is 1. The largest absolute Gasteiger partial charge is 0.481 e. The van der Waals surface area contributed by atoms with Crippen LogP contribution in [0, 0.1) is 5.92 Å². The van der Waals surface area contributed by atoms with Gasteiger partial charge in [-0.3, -0.25) is 4.79 Å². The normalized spacial score (nSPS) is 18.8. The van der Waals surface area contributed by atoms with Crippen LogP contribution in [0.1, 0.15) is 50.2 Å². The highest BCUT2D eigenvalue weighted by Gasteiger charge is 2.34. The van der Waals surface area contributed by atoms with Gasteiger partial charge in [-0.2, -0.15) is 0 Å². The lowest BCUT2D eigenvalue weighted by atomic mass is 9.89. The van der Waals surface area contributed by atoms with E-state index in [-0.39, 0.29) is 5.92 Å². The lowest BCUT2D eigenvalue weighted by Gasteiger charge is -2.16. The zero-order chi connectivity index (χ0) is 11.5. The molecule has 4 nitrogen and oxygen atoms in total. The van der Waals surface area contributed by atoms with Crippen LogP contribution in [-0.2, 0) is 11.2 Å². The predicted molar refractivity (Wildman–Crippen MR) is 58.2 cm³/mol. The third-order valence-corrected chi connectivity index (χ3v) is 3.32. The number of nitrogens with zero attached hydrogens (tertiary/aromatic N) is 1.